The third kappa shape index (κ3) is 2.58. The predicted molar refractivity (Wildman–Crippen MR) is 83.9 cm³/mol. The molecule has 1 heterocycles. The Balaban J connectivity index is 1.95. The Bertz CT molecular complexity index is 711. The number of hydrogen-bond donors (Lipinski definition) is 2. The lowest BCUT2D eigenvalue weighted by atomic mass is 10.1. The van der Waals surface area contributed by atoms with Crippen LogP contribution in [0.25, 0.3) is 22.4 Å². The largest absolute Gasteiger partial charge is 0.338 e. The third-order valence-corrected chi connectivity index (χ3v) is 3.53. The standard InChI is InChI=1S/C17H19N3/c1-12-3-6-14(7-4-12)17-19-15-8-5-13(9-10-18-2)11-16(15)20-17/h3-8,11,18H,9-10H2,1-2H3,(H,19,20). The van der Waals surface area contributed by atoms with Gasteiger partial charge in [-0.1, -0.05) is 35.9 Å². The number of imidazole rings is 1. The van der Waals surface area contributed by atoms with Crippen LogP contribution in [0.1, 0.15) is 11.1 Å². The molecule has 0 aliphatic heterocycles. The van der Waals surface area contributed by atoms with Gasteiger partial charge in [-0.25, -0.2) is 4.98 Å². The van der Waals surface area contributed by atoms with Gasteiger partial charge in [-0.2, -0.15) is 0 Å². The molecule has 0 saturated carbocycles. The minimum absolute atomic E-state index is 0.936. The molecule has 0 unspecified atom stereocenters. The van der Waals surface area contributed by atoms with Crippen molar-refractivity contribution in [3.8, 4) is 11.4 Å². The Hall–Kier alpha value is -2.13. The number of H-pyrrole nitrogens is 1. The van der Waals surface area contributed by atoms with Gasteiger partial charge >= 0.3 is 0 Å². The van der Waals surface area contributed by atoms with E-state index in [9.17, 15) is 0 Å². The summed E-state index contributed by atoms with van der Waals surface area (Å²) in [6.07, 6.45) is 1.03. The molecule has 0 radical (unpaired) electrons. The second kappa shape index (κ2) is 5.47. The van der Waals surface area contributed by atoms with Gasteiger partial charge in [0, 0.05) is 5.56 Å². The number of likely N-dealkylation sites (N-methyl/N-ethyl adjacent to an activating group) is 1. The lowest BCUT2D eigenvalue weighted by Crippen LogP contribution is -2.10. The maximum atomic E-state index is 4.66. The SMILES string of the molecule is CNCCc1ccc2nc(-c3ccc(C)cc3)[nH]c2c1. The van der Waals surface area contributed by atoms with Crippen molar-refractivity contribution in [2.24, 2.45) is 0 Å². The molecule has 3 aromatic rings. The van der Waals surface area contributed by atoms with E-state index in [2.05, 4.69) is 64.7 Å². The fourth-order valence-corrected chi connectivity index (χ4v) is 2.33. The fraction of sp³-hybridized carbons (Fsp3) is 0.235. The summed E-state index contributed by atoms with van der Waals surface area (Å²) >= 11 is 0. The normalized spacial score (nSPS) is 11.1. The molecule has 0 aliphatic rings. The van der Waals surface area contributed by atoms with Crippen molar-refractivity contribution in [1.82, 2.24) is 15.3 Å². The van der Waals surface area contributed by atoms with Gasteiger partial charge in [0.05, 0.1) is 11.0 Å². The molecule has 0 spiro atoms. The van der Waals surface area contributed by atoms with Crippen LogP contribution in [0.2, 0.25) is 0 Å². The Morgan fingerprint density at radius 3 is 2.65 bits per heavy atom. The van der Waals surface area contributed by atoms with E-state index >= 15 is 0 Å². The molecular weight excluding hydrogens is 246 g/mol. The van der Waals surface area contributed by atoms with Crippen LogP contribution in [0, 0.1) is 6.92 Å². The number of nitrogens with zero attached hydrogens (tertiary/aromatic N) is 1. The van der Waals surface area contributed by atoms with Crippen molar-refractivity contribution in [3.05, 3.63) is 53.6 Å². The molecule has 2 N–H and O–H groups in total. The molecule has 3 heteroatoms. The number of aromatic nitrogens is 2. The van der Waals surface area contributed by atoms with E-state index in [0.29, 0.717) is 0 Å². The third-order valence-electron chi connectivity index (χ3n) is 3.53. The average molecular weight is 265 g/mol. The first kappa shape index (κ1) is 12.9. The van der Waals surface area contributed by atoms with Gasteiger partial charge in [-0.3, -0.25) is 0 Å². The van der Waals surface area contributed by atoms with Crippen molar-refractivity contribution in [2.75, 3.05) is 13.6 Å². The quantitative estimate of drug-likeness (QED) is 0.760. The Labute approximate surface area is 119 Å². The van der Waals surface area contributed by atoms with Crippen LogP contribution >= 0.6 is 0 Å². The molecule has 3 nitrogen and oxygen atoms in total. The van der Waals surface area contributed by atoms with Crippen molar-refractivity contribution < 1.29 is 0 Å². The second-order valence-corrected chi connectivity index (χ2v) is 5.16. The Morgan fingerprint density at radius 2 is 1.90 bits per heavy atom. The molecule has 0 amide bonds. The summed E-state index contributed by atoms with van der Waals surface area (Å²) in [5.74, 6) is 0.936. The molecular formula is C17H19N3. The molecule has 20 heavy (non-hydrogen) atoms. The van der Waals surface area contributed by atoms with E-state index in [1.54, 1.807) is 0 Å². The van der Waals surface area contributed by atoms with E-state index in [1.165, 1.54) is 11.1 Å². The zero-order valence-electron chi connectivity index (χ0n) is 11.9. The van der Waals surface area contributed by atoms with Crippen LogP contribution < -0.4 is 5.32 Å². The number of aromatic amines is 1. The Morgan fingerprint density at radius 1 is 1.10 bits per heavy atom. The number of fused-ring (bicyclic) bond motifs is 1. The van der Waals surface area contributed by atoms with E-state index in [-0.39, 0.29) is 0 Å². The number of rotatable bonds is 4. The number of nitrogens with one attached hydrogen (secondary N) is 2. The molecule has 102 valence electrons. The van der Waals surface area contributed by atoms with Crippen molar-refractivity contribution >= 4 is 11.0 Å². The number of aryl methyl sites for hydroxylation is 1. The fourth-order valence-electron chi connectivity index (χ4n) is 2.33. The van der Waals surface area contributed by atoms with Crippen LogP contribution in [0.4, 0.5) is 0 Å². The highest BCUT2D eigenvalue weighted by atomic mass is 14.9. The van der Waals surface area contributed by atoms with Crippen LogP contribution in [-0.4, -0.2) is 23.6 Å². The van der Waals surface area contributed by atoms with Crippen molar-refractivity contribution in [2.45, 2.75) is 13.3 Å². The van der Waals surface area contributed by atoms with Gasteiger partial charge in [0.2, 0.25) is 0 Å². The van der Waals surface area contributed by atoms with Crippen molar-refractivity contribution in [3.63, 3.8) is 0 Å². The van der Waals surface area contributed by atoms with Crippen LogP contribution in [-0.2, 0) is 6.42 Å². The summed E-state index contributed by atoms with van der Waals surface area (Å²) in [5.41, 5.74) is 5.84. The van der Waals surface area contributed by atoms with Crippen LogP contribution in [0.3, 0.4) is 0 Å². The average Bonchev–Trinajstić information content (AvgIpc) is 2.89. The van der Waals surface area contributed by atoms with E-state index in [0.717, 1.165) is 35.4 Å². The zero-order chi connectivity index (χ0) is 13.9. The first-order valence-corrected chi connectivity index (χ1v) is 6.96. The highest BCUT2D eigenvalue weighted by Gasteiger charge is 2.05. The van der Waals surface area contributed by atoms with Gasteiger partial charge in [-0.15, -0.1) is 0 Å². The second-order valence-electron chi connectivity index (χ2n) is 5.16. The summed E-state index contributed by atoms with van der Waals surface area (Å²) in [4.78, 5) is 8.08. The summed E-state index contributed by atoms with van der Waals surface area (Å²) in [7, 11) is 1.98. The molecule has 3 rings (SSSR count). The number of hydrogen-bond acceptors (Lipinski definition) is 2. The lowest BCUT2D eigenvalue weighted by Gasteiger charge is -1.99. The topological polar surface area (TPSA) is 40.7 Å². The molecule has 0 aliphatic carbocycles. The van der Waals surface area contributed by atoms with E-state index in [4.69, 9.17) is 0 Å². The van der Waals surface area contributed by atoms with E-state index in [1.807, 2.05) is 7.05 Å². The molecule has 2 aromatic carbocycles. The smallest absolute Gasteiger partial charge is 0.138 e. The van der Waals surface area contributed by atoms with E-state index < -0.39 is 0 Å². The van der Waals surface area contributed by atoms with Gasteiger partial charge in [0.25, 0.3) is 0 Å². The zero-order valence-corrected chi connectivity index (χ0v) is 11.9. The first-order valence-electron chi connectivity index (χ1n) is 6.96. The van der Waals surface area contributed by atoms with Gasteiger partial charge < -0.3 is 10.3 Å². The van der Waals surface area contributed by atoms with Gasteiger partial charge in [0.1, 0.15) is 5.82 Å². The highest BCUT2D eigenvalue weighted by Crippen LogP contribution is 2.21. The Kier molecular flexibility index (Phi) is 3.52. The summed E-state index contributed by atoms with van der Waals surface area (Å²) in [6, 6.07) is 14.9. The van der Waals surface area contributed by atoms with Gasteiger partial charge in [-0.05, 0) is 44.6 Å². The summed E-state index contributed by atoms with van der Waals surface area (Å²) in [6.45, 7) is 3.08. The lowest BCUT2D eigenvalue weighted by molar-refractivity contribution is 0.792. The minimum Gasteiger partial charge on any atom is -0.338 e. The number of benzene rings is 2. The minimum atomic E-state index is 0.936. The molecule has 1 aromatic heterocycles. The molecule has 0 bridgehead atoms. The van der Waals surface area contributed by atoms with Crippen molar-refractivity contribution in [1.29, 1.82) is 0 Å². The first-order chi connectivity index (χ1) is 9.76. The summed E-state index contributed by atoms with van der Waals surface area (Å²) < 4.78 is 0. The van der Waals surface area contributed by atoms with Crippen LogP contribution in [0.15, 0.2) is 42.5 Å². The molecule has 0 atom stereocenters. The van der Waals surface area contributed by atoms with Crippen LogP contribution in [0.5, 0.6) is 0 Å². The molecule has 0 saturated heterocycles. The maximum Gasteiger partial charge on any atom is 0.138 e. The highest BCUT2D eigenvalue weighted by molar-refractivity contribution is 5.80. The maximum absolute atomic E-state index is 4.66. The monoisotopic (exact) mass is 265 g/mol. The van der Waals surface area contributed by atoms with Gasteiger partial charge in [0.15, 0.2) is 0 Å². The predicted octanol–water partition coefficient (Wildman–Crippen LogP) is 3.30. The molecule has 0 fully saturated rings. The summed E-state index contributed by atoms with van der Waals surface area (Å²) in [5, 5.41) is 3.17.